The lowest BCUT2D eigenvalue weighted by Gasteiger charge is -2.10. The number of hydrogen-bond donors (Lipinski definition) is 2. The van der Waals surface area contributed by atoms with Gasteiger partial charge in [0.2, 0.25) is 0 Å². The maximum Gasteiger partial charge on any atom is 0.126 e. The summed E-state index contributed by atoms with van der Waals surface area (Å²) in [5.41, 5.74) is 7.96. The first-order valence-corrected chi connectivity index (χ1v) is 5.56. The lowest BCUT2D eigenvalue weighted by atomic mass is 10.0. The molecule has 1 fully saturated rings. The van der Waals surface area contributed by atoms with E-state index < -0.39 is 0 Å². The van der Waals surface area contributed by atoms with Crippen molar-refractivity contribution in [2.24, 2.45) is 5.92 Å². The van der Waals surface area contributed by atoms with Gasteiger partial charge in [0.15, 0.2) is 0 Å². The van der Waals surface area contributed by atoms with E-state index in [0.29, 0.717) is 11.7 Å². The van der Waals surface area contributed by atoms with Crippen LogP contribution in [0.3, 0.4) is 0 Å². The Morgan fingerprint density at radius 3 is 3.00 bits per heavy atom. The van der Waals surface area contributed by atoms with Gasteiger partial charge in [-0.05, 0) is 49.7 Å². The molecule has 15 heavy (non-hydrogen) atoms. The molecule has 3 nitrogen and oxygen atoms in total. The number of anilines is 1. The molecule has 0 amide bonds. The third kappa shape index (κ3) is 2.69. The fourth-order valence-corrected chi connectivity index (χ4v) is 1.86. The molecule has 1 unspecified atom stereocenters. The van der Waals surface area contributed by atoms with Crippen molar-refractivity contribution in [1.82, 2.24) is 4.98 Å². The fourth-order valence-electron chi connectivity index (χ4n) is 1.86. The van der Waals surface area contributed by atoms with Crippen LogP contribution < -0.4 is 5.73 Å². The molecular formula is C12H18N2O. The van der Waals surface area contributed by atoms with E-state index in [2.05, 4.69) is 11.1 Å². The molecule has 1 aliphatic rings. The van der Waals surface area contributed by atoms with E-state index >= 15 is 0 Å². The lowest BCUT2D eigenvalue weighted by molar-refractivity contribution is 0.142. The van der Waals surface area contributed by atoms with Gasteiger partial charge in [-0.25, -0.2) is 4.98 Å². The van der Waals surface area contributed by atoms with Gasteiger partial charge in [-0.15, -0.1) is 0 Å². The molecule has 1 heterocycles. The molecule has 0 bridgehead atoms. The van der Waals surface area contributed by atoms with Crippen LogP contribution in [0.15, 0.2) is 12.3 Å². The second kappa shape index (κ2) is 4.19. The monoisotopic (exact) mass is 206 g/mol. The van der Waals surface area contributed by atoms with E-state index in [9.17, 15) is 5.11 Å². The number of nitrogens with zero attached hydrogens (tertiary/aromatic N) is 1. The number of hydrogen-bond acceptors (Lipinski definition) is 3. The smallest absolute Gasteiger partial charge is 0.126 e. The Hall–Kier alpha value is -1.09. The number of aryl methyl sites for hydroxylation is 2. The second-order valence-electron chi connectivity index (χ2n) is 4.50. The minimum atomic E-state index is -0.148. The van der Waals surface area contributed by atoms with Gasteiger partial charge in [0.05, 0.1) is 6.10 Å². The molecule has 1 aliphatic carbocycles. The van der Waals surface area contributed by atoms with E-state index in [4.69, 9.17) is 5.73 Å². The normalized spacial score (nSPS) is 17.7. The van der Waals surface area contributed by atoms with Crippen molar-refractivity contribution < 1.29 is 5.11 Å². The molecule has 2 rings (SSSR count). The van der Waals surface area contributed by atoms with Gasteiger partial charge in [0, 0.05) is 6.20 Å². The van der Waals surface area contributed by atoms with Gasteiger partial charge < -0.3 is 10.8 Å². The van der Waals surface area contributed by atoms with Crippen LogP contribution in [0.25, 0.3) is 0 Å². The van der Waals surface area contributed by atoms with Crippen LogP contribution in [0.5, 0.6) is 0 Å². The van der Waals surface area contributed by atoms with E-state index in [0.717, 1.165) is 24.0 Å². The van der Waals surface area contributed by atoms with Crippen molar-refractivity contribution in [3.05, 3.63) is 23.4 Å². The summed E-state index contributed by atoms with van der Waals surface area (Å²) in [6.07, 6.45) is 5.63. The molecule has 0 aliphatic heterocycles. The number of aromatic nitrogens is 1. The van der Waals surface area contributed by atoms with Gasteiger partial charge in [0.1, 0.15) is 5.82 Å². The largest absolute Gasteiger partial charge is 0.393 e. The second-order valence-corrected chi connectivity index (χ2v) is 4.50. The average molecular weight is 206 g/mol. The highest BCUT2D eigenvalue weighted by atomic mass is 16.3. The third-order valence-electron chi connectivity index (χ3n) is 3.01. The van der Waals surface area contributed by atoms with Crippen molar-refractivity contribution in [2.45, 2.75) is 38.7 Å². The molecule has 3 N–H and O–H groups in total. The maximum atomic E-state index is 9.75. The van der Waals surface area contributed by atoms with Gasteiger partial charge in [-0.2, -0.15) is 0 Å². The van der Waals surface area contributed by atoms with Crippen LogP contribution >= 0.6 is 0 Å². The molecule has 0 saturated heterocycles. The molecule has 0 aromatic carbocycles. The number of pyridine rings is 1. The van der Waals surface area contributed by atoms with Crippen molar-refractivity contribution in [2.75, 3.05) is 5.73 Å². The van der Waals surface area contributed by atoms with Crippen LogP contribution in [0.1, 0.15) is 30.4 Å². The highest BCUT2D eigenvalue weighted by molar-refractivity contribution is 5.40. The van der Waals surface area contributed by atoms with Crippen LogP contribution in [-0.4, -0.2) is 16.2 Å². The third-order valence-corrected chi connectivity index (χ3v) is 3.01. The predicted molar refractivity (Wildman–Crippen MR) is 60.4 cm³/mol. The molecule has 3 heteroatoms. The lowest BCUT2D eigenvalue weighted by Crippen LogP contribution is -2.11. The molecule has 1 aromatic rings. The summed E-state index contributed by atoms with van der Waals surface area (Å²) in [6, 6.07) is 2.06. The van der Waals surface area contributed by atoms with Crippen LogP contribution in [0, 0.1) is 12.8 Å². The summed E-state index contributed by atoms with van der Waals surface area (Å²) in [5.74, 6) is 1.15. The van der Waals surface area contributed by atoms with Gasteiger partial charge in [-0.1, -0.05) is 6.07 Å². The summed E-state index contributed by atoms with van der Waals surface area (Å²) in [5, 5.41) is 9.75. The Bertz CT molecular complexity index is 347. The fraction of sp³-hybridized carbons (Fsp3) is 0.583. The molecule has 1 aromatic heterocycles. The summed E-state index contributed by atoms with van der Waals surface area (Å²) in [7, 11) is 0. The van der Waals surface area contributed by atoms with Crippen molar-refractivity contribution in [3.63, 3.8) is 0 Å². The number of nitrogen functional groups attached to an aromatic ring is 1. The topological polar surface area (TPSA) is 59.1 Å². The zero-order valence-electron chi connectivity index (χ0n) is 9.11. The summed E-state index contributed by atoms with van der Waals surface area (Å²) >= 11 is 0. The van der Waals surface area contributed by atoms with Crippen LogP contribution in [0.2, 0.25) is 0 Å². The van der Waals surface area contributed by atoms with Crippen LogP contribution in [0.4, 0.5) is 5.82 Å². The first-order chi connectivity index (χ1) is 7.16. The Kier molecular flexibility index (Phi) is 2.91. The Balaban J connectivity index is 1.94. The standard InChI is InChI=1S/C12H18N2O/c1-8-6-10(12(13)14-7-8)4-5-11(15)9-2-3-9/h6-7,9,11,15H,2-5H2,1H3,(H2,13,14). The molecule has 1 saturated carbocycles. The van der Waals surface area contributed by atoms with Crippen LogP contribution in [-0.2, 0) is 6.42 Å². The number of nitrogens with two attached hydrogens (primary N) is 1. The van der Waals surface area contributed by atoms with Crippen molar-refractivity contribution in [3.8, 4) is 0 Å². The zero-order valence-corrected chi connectivity index (χ0v) is 9.11. The molecule has 82 valence electrons. The zero-order chi connectivity index (χ0) is 10.8. The minimum absolute atomic E-state index is 0.148. The Labute approximate surface area is 90.3 Å². The van der Waals surface area contributed by atoms with Crippen molar-refractivity contribution in [1.29, 1.82) is 0 Å². The SMILES string of the molecule is Cc1cnc(N)c(CCC(O)C2CC2)c1. The van der Waals surface area contributed by atoms with Gasteiger partial charge in [0.25, 0.3) is 0 Å². The highest BCUT2D eigenvalue weighted by Crippen LogP contribution is 2.34. The Morgan fingerprint density at radius 1 is 1.60 bits per heavy atom. The summed E-state index contributed by atoms with van der Waals surface area (Å²) in [6.45, 7) is 2.01. The van der Waals surface area contributed by atoms with Gasteiger partial charge in [-0.3, -0.25) is 0 Å². The summed E-state index contributed by atoms with van der Waals surface area (Å²) in [4.78, 5) is 4.11. The van der Waals surface area contributed by atoms with Crippen molar-refractivity contribution >= 4 is 5.82 Å². The maximum absolute atomic E-state index is 9.75. The van der Waals surface area contributed by atoms with Gasteiger partial charge >= 0.3 is 0 Å². The number of rotatable bonds is 4. The predicted octanol–water partition coefficient (Wildman–Crippen LogP) is 1.68. The van der Waals surface area contributed by atoms with E-state index in [1.54, 1.807) is 6.20 Å². The molecule has 1 atom stereocenters. The summed E-state index contributed by atoms with van der Waals surface area (Å²) < 4.78 is 0. The average Bonchev–Trinajstić information content (AvgIpc) is 3.02. The molecule has 0 spiro atoms. The molecule has 0 radical (unpaired) electrons. The van der Waals surface area contributed by atoms with E-state index in [1.165, 1.54) is 12.8 Å². The highest BCUT2D eigenvalue weighted by Gasteiger charge is 2.29. The Morgan fingerprint density at radius 2 is 2.33 bits per heavy atom. The number of aliphatic hydroxyl groups excluding tert-OH is 1. The first kappa shape index (κ1) is 10.4. The first-order valence-electron chi connectivity index (χ1n) is 5.56. The van der Waals surface area contributed by atoms with E-state index in [-0.39, 0.29) is 6.10 Å². The quantitative estimate of drug-likeness (QED) is 0.788. The molecular weight excluding hydrogens is 188 g/mol. The minimum Gasteiger partial charge on any atom is -0.393 e. The number of aliphatic hydroxyl groups is 1. The van der Waals surface area contributed by atoms with E-state index in [1.807, 2.05) is 6.92 Å².